The van der Waals surface area contributed by atoms with Gasteiger partial charge in [0.25, 0.3) is 5.91 Å². The van der Waals surface area contributed by atoms with Crippen molar-refractivity contribution >= 4 is 28.9 Å². The zero-order valence-corrected chi connectivity index (χ0v) is 15.2. The van der Waals surface area contributed by atoms with Crippen molar-refractivity contribution in [3.8, 4) is 0 Å². The number of nitrogens with zero attached hydrogens (tertiary/aromatic N) is 2. The Morgan fingerprint density at radius 3 is 2.19 bits per heavy atom. The largest absolute Gasteiger partial charge is 0.369 e. The molecule has 0 spiro atoms. The normalized spacial score (nSPS) is 14.8. The van der Waals surface area contributed by atoms with Crippen LogP contribution in [-0.2, 0) is 4.79 Å². The van der Waals surface area contributed by atoms with Crippen LogP contribution in [0.5, 0.6) is 0 Å². The van der Waals surface area contributed by atoms with E-state index >= 15 is 0 Å². The number of rotatable bonds is 4. The van der Waals surface area contributed by atoms with Crippen LogP contribution in [0, 0.1) is 0 Å². The molecule has 1 heterocycles. The van der Waals surface area contributed by atoms with Crippen LogP contribution in [0.2, 0.25) is 0 Å². The van der Waals surface area contributed by atoms with Crippen LogP contribution in [-0.4, -0.2) is 49.9 Å². The minimum Gasteiger partial charge on any atom is -0.369 e. The van der Waals surface area contributed by atoms with Gasteiger partial charge in [-0.25, -0.2) is 0 Å². The maximum atomic E-state index is 12.6. The summed E-state index contributed by atoms with van der Waals surface area (Å²) in [6.07, 6.45) is 0. The summed E-state index contributed by atoms with van der Waals surface area (Å²) in [6, 6.07) is 14.8. The first-order valence-corrected chi connectivity index (χ1v) is 8.74. The predicted octanol–water partition coefficient (Wildman–Crippen LogP) is 2.65. The number of carbonyl (C=O) groups is 2. The number of amides is 2. The Kier molecular flexibility index (Phi) is 5.53. The minimum atomic E-state index is -0.248. The molecule has 3 rings (SSSR count). The highest BCUT2D eigenvalue weighted by atomic mass is 16.2. The highest BCUT2D eigenvalue weighted by Gasteiger charge is 2.15. The van der Waals surface area contributed by atoms with Crippen LogP contribution in [0.15, 0.2) is 48.5 Å². The van der Waals surface area contributed by atoms with Crippen LogP contribution in [0.25, 0.3) is 0 Å². The summed E-state index contributed by atoms with van der Waals surface area (Å²) < 4.78 is 0. The summed E-state index contributed by atoms with van der Waals surface area (Å²) in [7, 11) is 2.13. The second-order valence-corrected chi connectivity index (χ2v) is 6.52. The maximum Gasteiger partial charge on any atom is 0.257 e. The van der Waals surface area contributed by atoms with Gasteiger partial charge >= 0.3 is 0 Å². The molecule has 0 aliphatic carbocycles. The van der Waals surface area contributed by atoms with Crippen molar-refractivity contribution < 1.29 is 9.59 Å². The van der Waals surface area contributed by atoms with E-state index in [-0.39, 0.29) is 11.8 Å². The van der Waals surface area contributed by atoms with Crippen molar-refractivity contribution in [2.24, 2.45) is 0 Å². The van der Waals surface area contributed by atoms with E-state index in [1.54, 1.807) is 24.3 Å². The number of para-hydroxylation sites is 1. The zero-order chi connectivity index (χ0) is 18.5. The molecule has 1 aliphatic heterocycles. The Hall–Kier alpha value is -2.86. The van der Waals surface area contributed by atoms with Crippen LogP contribution in [0.1, 0.15) is 17.3 Å². The molecule has 1 saturated heterocycles. The van der Waals surface area contributed by atoms with E-state index in [9.17, 15) is 9.59 Å². The molecule has 2 amide bonds. The molecule has 1 aliphatic rings. The van der Waals surface area contributed by atoms with Gasteiger partial charge in [-0.2, -0.15) is 0 Å². The predicted molar refractivity (Wildman–Crippen MR) is 105 cm³/mol. The standard InChI is InChI=1S/C20H24N4O2/c1-15(25)21-19-6-4-3-5-18(19)20(26)22-16-7-9-17(10-8-16)24-13-11-23(2)12-14-24/h3-10H,11-14H2,1-2H3,(H,21,25)(H,22,26). The molecule has 26 heavy (non-hydrogen) atoms. The van der Waals surface area contributed by atoms with Gasteiger partial charge in [-0.3, -0.25) is 9.59 Å². The molecule has 2 aromatic carbocycles. The average Bonchev–Trinajstić information content (AvgIpc) is 2.63. The third-order valence-electron chi connectivity index (χ3n) is 4.48. The van der Waals surface area contributed by atoms with Crippen LogP contribution < -0.4 is 15.5 Å². The lowest BCUT2D eigenvalue weighted by Crippen LogP contribution is -2.44. The first-order chi connectivity index (χ1) is 12.5. The van der Waals surface area contributed by atoms with Gasteiger partial charge in [0.1, 0.15) is 0 Å². The molecule has 0 radical (unpaired) electrons. The Morgan fingerprint density at radius 2 is 1.54 bits per heavy atom. The Bertz CT molecular complexity index is 781. The first-order valence-electron chi connectivity index (χ1n) is 8.74. The lowest BCUT2D eigenvalue weighted by molar-refractivity contribution is -0.114. The monoisotopic (exact) mass is 352 g/mol. The van der Waals surface area contributed by atoms with Crippen molar-refractivity contribution in [2.75, 3.05) is 48.8 Å². The quantitative estimate of drug-likeness (QED) is 0.888. The molecular formula is C20H24N4O2. The lowest BCUT2D eigenvalue weighted by Gasteiger charge is -2.34. The van der Waals surface area contributed by atoms with E-state index < -0.39 is 0 Å². The van der Waals surface area contributed by atoms with E-state index in [1.165, 1.54) is 6.92 Å². The summed E-state index contributed by atoms with van der Waals surface area (Å²) in [4.78, 5) is 28.5. The van der Waals surface area contributed by atoms with Gasteiger partial charge in [0, 0.05) is 44.5 Å². The van der Waals surface area contributed by atoms with Gasteiger partial charge in [-0.15, -0.1) is 0 Å². The molecule has 2 N–H and O–H groups in total. The van der Waals surface area contributed by atoms with E-state index in [4.69, 9.17) is 0 Å². The number of carbonyl (C=O) groups excluding carboxylic acids is 2. The molecular weight excluding hydrogens is 328 g/mol. The maximum absolute atomic E-state index is 12.6. The van der Waals surface area contributed by atoms with Gasteiger partial charge in [0.05, 0.1) is 11.3 Å². The second kappa shape index (κ2) is 8.01. The number of likely N-dealkylation sites (N-methyl/N-ethyl adjacent to an activating group) is 1. The van der Waals surface area contributed by atoms with E-state index in [2.05, 4.69) is 27.5 Å². The molecule has 0 aromatic heterocycles. The Balaban J connectivity index is 1.68. The third kappa shape index (κ3) is 4.40. The molecule has 0 bridgehead atoms. The lowest BCUT2D eigenvalue weighted by atomic mass is 10.1. The Morgan fingerprint density at radius 1 is 0.885 bits per heavy atom. The van der Waals surface area contributed by atoms with Gasteiger partial charge < -0.3 is 20.4 Å². The number of hydrogen-bond donors (Lipinski definition) is 2. The number of anilines is 3. The van der Waals surface area contributed by atoms with Crippen LogP contribution in [0.4, 0.5) is 17.1 Å². The number of benzene rings is 2. The summed E-state index contributed by atoms with van der Waals surface area (Å²) in [5.74, 6) is -0.455. The van der Waals surface area contributed by atoms with E-state index in [0.29, 0.717) is 11.3 Å². The molecule has 2 aromatic rings. The van der Waals surface area contributed by atoms with Crippen LogP contribution >= 0.6 is 0 Å². The molecule has 136 valence electrons. The smallest absolute Gasteiger partial charge is 0.257 e. The molecule has 0 saturated carbocycles. The van der Waals surface area contributed by atoms with Crippen molar-refractivity contribution in [3.05, 3.63) is 54.1 Å². The first kappa shape index (κ1) is 17.9. The van der Waals surface area contributed by atoms with Crippen LogP contribution in [0.3, 0.4) is 0 Å². The average molecular weight is 352 g/mol. The summed E-state index contributed by atoms with van der Waals surface area (Å²) in [5, 5.41) is 5.58. The fourth-order valence-corrected chi connectivity index (χ4v) is 3.00. The third-order valence-corrected chi connectivity index (χ3v) is 4.48. The van der Waals surface area contributed by atoms with E-state index in [0.717, 1.165) is 37.6 Å². The SMILES string of the molecule is CC(=O)Nc1ccccc1C(=O)Nc1ccc(N2CCN(C)CC2)cc1. The summed E-state index contributed by atoms with van der Waals surface area (Å²) >= 11 is 0. The van der Waals surface area contributed by atoms with Gasteiger partial charge in [0.2, 0.25) is 5.91 Å². The molecule has 0 unspecified atom stereocenters. The summed E-state index contributed by atoms with van der Waals surface area (Å²) in [6.45, 7) is 5.54. The van der Waals surface area contributed by atoms with Gasteiger partial charge in [0.15, 0.2) is 0 Å². The Labute approximate surface area is 153 Å². The fraction of sp³-hybridized carbons (Fsp3) is 0.300. The highest BCUT2D eigenvalue weighted by molar-refractivity contribution is 6.09. The molecule has 6 heteroatoms. The number of nitrogens with one attached hydrogen (secondary N) is 2. The highest BCUT2D eigenvalue weighted by Crippen LogP contribution is 2.21. The zero-order valence-electron chi connectivity index (χ0n) is 15.2. The van der Waals surface area contributed by atoms with Crippen molar-refractivity contribution in [3.63, 3.8) is 0 Å². The van der Waals surface area contributed by atoms with Crippen molar-refractivity contribution in [1.29, 1.82) is 0 Å². The molecule has 0 atom stereocenters. The second-order valence-electron chi connectivity index (χ2n) is 6.52. The van der Waals surface area contributed by atoms with Crippen molar-refractivity contribution in [1.82, 2.24) is 4.90 Å². The van der Waals surface area contributed by atoms with Crippen molar-refractivity contribution in [2.45, 2.75) is 6.92 Å². The molecule has 1 fully saturated rings. The number of hydrogen-bond acceptors (Lipinski definition) is 4. The number of piperazine rings is 1. The summed E-state index contributed by atoms with van der Waals surface area (Å²) in [5.41, 5.74) is 2.83. The fourth-order valence-electron chi connectivity index (χ4n) is 3.00. The molecule has 6 nitrogen and oxygen atoms in total. The van der Waals surface area contributed by atoms with Gasteiger partial charge in [-0.05, 0) is 43.4 Å². The minimum absolute atomic E-state index is 0.207. The topological polar surface area (TPSA) is 64.7 Å². The van der Waals surface area contributed by atoms with Gasteiger partial charge in [-0.1, -0.05) is 12.1 Å². The van der Waals surface area contributed by atoms with E-state index in [1.807, 2.05) is 24.3 Å².